The Hall–Kier alpha value is -0.930. The molecule has 2 nitrogen and oxygen atoms in total. The highest BCUT2D eigenvalue weighted by atomic mass is 19.1. The highest BCUT2D eigenvalue weighted by molar-refractivity contribution is 5.30. The normalized spacial score (nSPS) is 14.8. The highest BCUT2D eigenvalue weighted by Crippen LogP contribution is 2.25. The average molecular weight is 252 g/mol. The van der Waals surface area contributed by atoms with Gasteiger partial charge in [0.1, 0.15) is 5.82 Å². The number of halogens is 1. The summed E-state index contributed by atoms with van der Waals surface area (Å²) in [5.74, 6) is -0.189. The van der Waals surface area contributed by atoms with Gasteiger partial charge < -0.3 is 5.73 Å². The Morgan fingerprint density at radius 2 is 2.06 bits per heavy atom. The molecule has 0 saturated carbocycles. The number of nitrogens with two attached hydrogens (primary N) is 1. The van der Waals surface area contributed by atoms with Crippen molar-refractivity contribution in [3.8, 4) is 0 Å². The van der Waals surface area contributed by atoms with E-state index in [9.17, 15) is 4.39 Å². The summed E-state index contributed by atoms with van der Waals surface area (Å²) in [5.41, 5.74) is 8.00. The van der Waals surface area contributed by atoms with Crippen LogP contribution in [0.1, 0.15) is 43.9 Å². The van der Waals surface area contributed by atoms with Crippen LogP contribution in [0.3, 0.4) is 0 Å². The Bertz CT molecular complexity index is 379. The van der Waals surface area contributed by atoms with E-state index in [0.717, 1.165) is 24.0 Å². The van der Waals surface area contributed by atoms with Crippen LogP contribution in [0.25, 0.3) is 0 Å². The van der Waals surface area contributed by atoms with Gasteiger partial charge in [0.25, 0.3) is 0 Å². The largest absolute Gasteiger partial charge is 0.329 e. The predicted octanol–water partition coefficient (Wildman–Crippen LogP) is 3.25. The zero-order chi connectivity index (χ0) is 13.7. The van der Waals surface area contributed by atoms with E-state index in [0.29, 0.717) is 12.6 Å². The van der Waals surface area contributed by atoms with Crippen LogP contribution >= 0.6 is 0 Å². The third kappa shape index (κ3) is 3.53. The van der Waals surface area contributed by atoms with Crippen LogP contribution < -0.4 is 5.73 Å². The Morgan fingerprint density at radius 1 is 1.39 bits per heavy atom. The smallest absolute Gasteiger partial charge is 0.123 e. The van der Waals surface area contributed by atoms with Crippen LogP contribution in [-0.4, -0.2) is 24.5 Å². The van der Waals surface area contributed by atoms with Gasteiger partial charge in [0, 0.05) is 18.6 Å². The van der Waals surface area contributed by atoms with E-state index in [-0.39, 0.29) is 11.9 Å². The number of hydrogen-bond acceptors (Lipinski definition) is 2. The molecule has 0 radical (unpaired) electrons. The van der Waals surface area contributed by atoms with Gasteiger partial charge in [-0.2, -0.15) is 0 Å². The molecule has 0 aliphatic rings. The van der Waals surface area contributed by atoms with Crippen molar-refractivity contribution < 1.29 is 4.39 Å². The summed E-state index contributed by atoms with van der Waals surface area (Å²) in [5, 5.41) is 0. The Kier molecular flexibility index (Phi) is 5.76. The molecule has 102 valence electrons. The zero-order valence-electron chi connectivity index (χ0n) is 11.9. The molecular weight excluding hydrogens is 227 g/mol. The standard InChI is InChI=1S/C15H25FN2/c1-5-6-12(3)18(4)15(10-17)14-9-13(16)8-7-11(14)2/h7-9,12,15H,5-6,10,17H2,1-4H3. The molecule has 18 heavy (non-hydrogen) atoms. The molecule has 1 aromatic carbocycles. The van der Waals surface area contributed by atoms with Crippen molar-refractivity contribution in [1.82, 2.24) is 4.90 Å². The summed E-state index contributed by atoms with van der Waals surface area (Å²) < 4.78 is 13.4. The minimum absolute atomic E-state index is 0.0854. The second-order valence-corrected chi connectivity index (χ2v) is 5.06. The second kappa shape index (κ2) is 6.86. The Balaban J connectivity index is 2.98. The molecule has 3 heteroatoms. The molecule has 2 atom stereocenters. The quantitative estimate of drug-likeness (QED) is 0.842. The SMILES string of the molecule is CCCC(C)N(C)C(CN)c1cc(F)ccc1C. The fraction of sp³-hybridized carbons (Fsp3) is 0.600. The van der Waals surface area contributed by atoms with E-state index in [2.05, 4.69) is 25.8 Å². The van der Waals surface area contributed by atoms with Gasteiger partial charge in [0.05, 0.1) is 0 Å². The number of likely N-dealkylation sites (N-methyl/N-ethyl adjacent to an activating group) is 1. The lowest BCUT2D eigenvalue weighted by Gasteiger charge is -2.33. The van der Waals surface area contributed by atoms with Crippen molar-refractivity contribution in [2.45, 2.75) is 45.7 Å². The first-order valence-corrected chi connectivity index (χ1v) is 6.69. The van der Waals surface area contributed by atoms with Crippen molar-refractivity contribution in [2.24, 2.45) is 5.73 Å². The first-order chi connectivity index (χ1) is 8.51. The molecule has 0 aliphatic carbocycles. The van der Waals surface area contributed by atoms with E-state index < -0.39 is 0 Å². The number of aryl methyl sites for hydroxylation is 1. The van der Waals surface area contributed by atoms with E-state index >= 15 is 0 Å². The van der Waals surface area contributed by atoms with Gasteiger partial charge >= 0.3 is 0 Å². The summed E-state index contributed by atoms with van der Waals surface area (Å²) >= 11 is 0. The molecular formula is C15H25FN2. The van der Waals surface area contributed by atoms with Gasteiger partial charge in [-0.15, -0.1) is 0 Å². The molecule has 0 amide bonds. The number of hydrogen-bond donors (Lipinski definition) is 1. The van der Waals surface area contributed by atoms with Crippen LogP contribution in [0.2, 0.25) is 0 Å². The molecule has 0 heterocycles. The van der Waals surface area contributed by atoms with E-state index in [4.69, 9.17) is 5.73 Å². The van der Waals surface area contributed by atoms with Crippen LogP contribution in [0.4, 0.5) is 4.39 Å². The molecule has 0 fully saturated rings. The molecule has 2 N–H and O–H groups in total. The third-order valence-electron chi connectivity index (χ3n) is 3.72. The number of rotatable bonds is 6. The van der Waals surface area contributed by atoms with Gasteiger partial charge in [-0.25, -0.2) is 4.39 Å². The Labute approximate surface area is 110 Å². The van der Waals surface area contributed by atoms with Gasteiger partial charge in [0.15, 0.2) is 0 Å². The lowest BCUT2D eigenvalue weighted by molar-refractivity contribution is 0.179. The fourth-order valence-corrected chi connectivity index (χ4v) is 2.41. The van der Waals surface area contributed by atoms with Crippen LogP contribution in [0, 0.1) is 12.7 Å². The average Bonchev–Trinajstić information content (AvgIpc) is 2.34. The first kappa shape index (κ1) is 15.1. The maximum atomic E-state index is 13.4. The molecule has 1 aromatic rings. The van der Waals surface area contributed by atoms with Crippen molar-refractivity contribution >= 4 is 0 Å². The van der Waals surface area contributed by atoms with Crippen molar-refractivity contribution in [2.75, 3.05) is 13.6 Å². The van der Waals surface area contributed by atoms with Gasteiger partial charge in [0.2, 0.25) is 0 Å². The van der Waals surface area contributed by atoms with Crippen LogP contribution in [0.5, 0.6) is 0 Å². The van der Waals surface area contributed by atoms with Gasteiger partial charge in [-0.3, -0.25) is 4.90 Å². The minimum Gasteiger partial charge on any atom is -0.329 e. The second-order valence-electron chi connectivity index (χ2n) is 5.06. The van der Waals surface area contributed by atoms with Crippen molar-refractivity contribution in [1.29, 1.82) is 0 Å². The Morgan fingerprint density at radius 3 is 2.61 bits per heavy atom. The molecule has 0 spiro atoms. The fourth-order valence-electron chi connectivity index (χ4n) is 2.41. The first-order valence-electron chi connectivity index (χ1n) is 6.69. The summed E-state index contributed by atoms with van der Waals surface area (Å²) in [7, 11) is 2.07. The van der Waals surface area contributed by atoms with Crippen molar-refractivity contribution in [3.63, 3.8) is 0 Å². The molecule has 0 saturated heterocycles. The highest BCUT2D eigenvalue weighted by Gasteiger charge is 2.21. The number of benzene rings is 1. The summed E-state index contributed by atoms with van der Waals surface area (Å²) in [4.78, 5) is 2.26. The lowest BCUT2D eigenvalue weighted by atomic mass is 9.98. The van der Waals surface area contributed by atoms with Crippen LogP contribution in [0.15, 0.2) is 18.2 Å². The maximum absolute atomic E-state index is 13.4. The molecule has 0 aliphatic heterocycles. The van der Waals surface area contributed by atoms with Crippen molar-refractivity contribution in [3.05, 3.63) is 35.1 Å². The van der Waals surface area contributed by atoms with E-state index in [1.807, 2.05) is 13.0 Å². The lowest BCUT2D eigenvalue weighted by Crippen LogP contribution is -2.37. The summed E-state index contributed by atoms with van der Waals surface area (Å²) in [6.07, 6.45) is 2.27. The predicted molar refractivity (Wildman–Crippen MR) is 75.1 cm³/mol. The van der Waals surface area contributed by atoms with Gasteiger partial charge in [-0.05, 0) is 50.6 Å². The topological polar surface area (TPSA) is 29.3 Å². The molecule has 0 aromatic heterocycles. The van der Waals surface area contributed by atoms with E-state index in [1.54, 1.807) is 6.07 Å². The van der Waals surface area contributed by atoms with Gasteiger partial charge in [-0.1, -0.05) is 19.4 Å². The summed E-state index contributed by atoms with van der Waals surface area (Å²) in [6, 6.07) is 5.48. The molecule has 0 bridgehead atoms. The zero-order valence-corrected chi connectivity index (χ0v) is 11.9. The third-order valence-corrected chi connectivity index (χ3v) is 3.72. The van der Waals surface area contributed by atoms with E-state index in [1.165, 1.54) is 6.07 Å². The maximum Gasteiger partial charge on any atom is 0.123 e. The molecule has 2 unspecified atom stereocenters. The minimum atomic E-state index is -0.189. The monoisotopic (exact) mass is 252 g/mol. The number of nitrogens with zero attached hydrogens (tertiary/aromatic N) is 1. The van der Waals surface area contributed by atoms with Crippen LogP contribution in [-0.2, 0) is 0 Å². The molecule has 1 rings (SSSR count). The summed E-state index contributed by atoms with van der Waals surface area (Å²) in [6.45, 7) is 6.89.